The molecule has 6 N–H and O–H groups in total. The number of amides is 1. The van der Waals surface area contributed by atoms with E-state index in [-0.39, 0.29) is 31.4 Å². The summed E-state index contributed by atoms with van der Waals surface area (Å²) >= 11 is 0. The van der Waals surface area contributed by atoms with Gasteiger partial charge in [-0.05, 0) is 54.3 Å². The number of halogens is 1. The Morgan fingerprint density at radius 1 is 1.17 bits per heavy atom. The fourth-order valence-corrected chi connectivity index (χ4v) is 4.31. The standard InChI is InChI=1S/C25H30FN5O4/c1-14-3-4-15(8-20(14)26)9-21(32)24(35)30-23-18(11-29-25(27)28)10-17-7-16(5-6-19(17)23)12-31(2)13-22(33)34/h3-8,18,23H,9-13H2,1-2H3,(H,30,35)(H,33,34)(H4,27,28,29)/t18-,23-/m1/s1. The zero-order chi connectivity index (χ0) is 25.7. The van der Waals surface area contributed by atoms with E-state index < -0.39 is 29.5 Å². The number of hydrogen-bond acceptors (Lipinski definition) is 5. The lowest BCUT2D eigenvalue weighted by Gasteiger charge is -2.21. The van der Waals surface area contributed by atoms with Crippen molar-refractivity contribution >= 4 is 23.6 Å². The molecule has 0 saturated carbocycles. The Hall–Kier alpha value is -3.79. The molecular formula is C25H30FN5O4. The van der Waals surface area contributed by atoms with E-state index in [2.05, 4.69) is 10.3 Å². The summed E-state index contributed by atoms with van der Waals surface area (Å²) in [5, 5.41) is 11.8. The van der Waals surface area contributed by atoms with Gasteiger partial charge in [-0.1, -0.05) is 30.3 Å². The van der Waals surface area contributed by atoms with Gasteiger partial charge in [-0.15, -0.1) is 0 Å². The van der Waals surface area contributed by atoms with Gasteiger partial charge in [0.25, 0.3) is 5.91 Å². The average molecular weight is 484 g/mol. The number of hydrogen-bond donors (Lipinski definition) is 4. The molecule has 0 bridgehead atoms. The number of aliphatic carboxylic acids is 1. The summed E-state index contributed by atoms with van der Waals surface area (Å²) in [5.41, 5.74) is 14.6. The summed E-state index contributed by atoms with van der Waals surface area (Å²) in [4.78, 5) is 42.1. The van der Waals surface area contributed by atoms with Crippen LogP contribution in [-0.4, -0.2) is 53.8 Å². The van der Waals surface area contributed by atoms with E-state index in [9.17, 15) is 18.8 Å². The van der Waals surface area contributed by atoms with Gasteiger partial charge in [-0.3, -0.25) is 24.3 Å². The maximum atomic E-state index is 13.8. The molecule has 1 amide bonds. The van der Waals surface area contributed by atoms with Gasteiger partial charge in [0, 0.05) is 25.4 Å². The minimum Gasteiger partial charge on any atom is -0.480 e. The van der Waals surface area contributed by atoms with Crippen LogP contribution in [0.2, 0.25) is 0 Å². The molecule has 2 aromatic rings. The number of aliphatic imine (C=N–C) groups is 1. The molecule has 0 fully saturated rings. The number of nitrogens with two attached hydrogens (primary N) is 2. The third-order valence-electron chi connectivity index (χ3n) is 6.00. The third-order valence-corrected chi connectivity index (χ3v) is 6.00. The molecule has 186 valence electrons. The second kappa shape index (κ2) is 11.1. The number of aryl methyl sites for hydroxylation is 1. The summed E-state index contributed by atoms with van der Waals surface area (Å²) in [6.07, 6.45) is 0.362. The molecule has 0 spiro atoms. The lowest BCUT2D eigenvalue weighted by molar-refractivity contribution is -0.138. The van der Waals surface area contributed by atoms with Crippen molar-refractivity contribution in [3.8, 4) is 0 Å². The minimum absolute atomic E-state index is 0.0699. The van der Waals surface area contributed by atoms with Crippen LogP contribution >= 0.6 is 0 Å². The Labute approximate surface area is 203 Å². The molecule has 35 heavy (non-hydrogen) atoms. The third kappa shape index (κ3) is 6.86. The Morgan fingerprint density at radius 2 is 1.89 bits per heavy atom. The van der Waals surface area contributed by atoms with Gasteiger partial charge in [-0.2, -0.15) is 0 Å². The van der Waals surface area contributed by atoms with Crippen molar-refractivity contribution in [1.29, 1.82) is 0 Å². The number of carboxylic acids is 1. The number of benzene rings is 2. The highest BCUT2D eigenvalue weighted by Gasteiger charge is 2.35. The van der Waals surface area contributed by atoms with Crippen LogP contribution in [0.3, 0.4) is 0 Å². The van der Waals surface area contributed by atoms with Crippen molar-refractivity contribution in [1.82, 2.24) is 10.2 Å². The molecule has 0 unspecified atom stereocenters. The van der Waals surface area contributed by atoms with Gasteiger partial charge >= 0.3 is 5.97 Å². The van der Waals surface area contributed by atoms with Gasteiger partial charge in [0.1, 0.15) is 5.82 Å². The van der Waals surface area contributed by atoms with E-state index in [1.807, 2.05) is 18.2 Å². The number of Topliss-reactive ketones (excluding diaryl/α,β-unsaturated/α-hetero) is 1. The smallest absolute Gasteiger partial charge is 0.317 e. The number of likely N-dealkylation sites (N-methyl/N-ethyl adjacent to an activating group) is 1. The van der Waals surface area contributed by atoms with Crippen LogP contribution in [0, 0.1) is 18.7 Å². The maximum Gasteiger partial charge on any atom is 0.317 e. The van der Waals surface area contributed by atoms with Crippen LogP contribution in [0.15, 0.2) is 41.4 Å². The summed E-state index contributed by atoms with van der Waals surface area (Å²) in [7, 11) is 1.72. The number of nitrogens with zero attached hydrogens (tertiary/aromatic N) is 2. The predicted molar refractivity (Wildman–Crippen MR) is 129 cm³/mol. The molecule has 10 heteroatoms. The highest BCUT2D eigenvalue weighted by Crippen LogP contribution is 2.37. The Balaban J connectivity index is 1.76. The van der Waals surface area contributed by atoms with Crippen LogP contribution < -0.4 is 16.8 Å². The number of carbonyl (C=O) groups is 3. The lowest BCUT2D eigenvalue weighted by Crippen LogP contribution is -2.38. The van der Waals surface area contributed by atoms with Crippen LogP contribution in [0.5, 0.6) is 0 Å². The van der Waals surface area contributed by atoms with Crippen molar-refractivity contribution in [3.05, 3.63) is 70.0 Å². The van der Waals surface area contributed by atoms with Crippen molar-refractivity contribution in [2.45, 2.75) is 32.4 Å². The molecule has 0 radical (unpaired) electrons. The molecule has 0 heterocycles. The van der Waals surface area contributed by atoms with Crippen molar-refractivity contribution in [2.24, 2.45) is 22.4 Å². The summed E-state index contributed by atoms with van der Waals surface area (Å²) in [6.45, 7) is 2.24. The minimum atomic E-state index is -0.910. The molecule has 1 aliphatic carbocycles. The molecule has 2 atom stereocenters. The Morgan fingerprint density at radius 3 is 2.54 bits per heavy atom. The van der Waals surface area contributed by atoms with Gasteiger partial charge in [-0.25, -0.2) is 4.39 Å². The molecule has 9 nitrogen and oxygen atoms in total. The van der Waals surface area contributed by atoms with Gasteiger partial charge in [0.15, 0.2) is 5.96 Å². The number of guanidine groups is 1. The monoisotopic (exact) mass is 483 g/mol. The summed E-state index contributed by atoms with van der Waals surface area (Å²) in [5.74, 6) is -3.01. The topological polar surface area (TPSA) is 151 Å². The first-order valence-electron chi connectivity index (χ1n) is 11.2. The van der Waals surface area contributed by atoms with E-state index in [0.29, 0.717) is 24.1 Å². The molecular weight excluding hydrogens is 453 g/mol. The molecule has 3 rings (SSSR count). The first-order valence-corrected chi connectivity index (χ1v) is 11.2. The first-order chi connectivity index (χ1) is 16.5. The summed E-state index contributed by atoms with van der Waals surface area (Å²) in [6, 6.07) is 9.69. The van der Waals surface area contributed by atoms with E-state index in [1.165, 1.54) is 6.07 Å². The van der Waals surface area contributed by atoms with Crippen molar-refractivity contribution in [3.63, 3.8) is 0 Å². The van der Waals surface area contributed by atoms with E-state index in [4.69, 9.17) is 16.6 Å². The molecule has 0 aromatic heterocycles. The van der Waals surface area contributed by atoms with Crippen LogP contribution in [0.1, 0.15) is 33.9 Å². The molecule has 0 saturated heterocycles. The molecule has 0 aliphatic heterocycles. The second-order valence-electron chi connectivity index (χ2n) is 8.96. The number of fused-ring (bicyclic) bond motifs is 1. The lowest BCUT2D eigenvalue weighted by atomic mass is 9.99. The number of carbonyl (C=O) groups excluding carboxylic acids is 2. The van der Waals surface area contributed by atoms with Crippen molar-refractivity contribution in [2.75, 3.05) is 20.1 Å². The molecule has 1 aliphatic rings. The largest absolute Gasteiger partial charge is 0.480 e. The average Bonchev–Trinajstić information content (AvgIpc) is 3.10. The van der Waals surface area contributed by atoms with E-state index in [1.54, 1.807) is 31.0 Å². The Bertz CT molecular complexity index is 1160. The number of carboxylic acid groups (broad SMARTS) is 1. The van der Waals surface area contributed by atoms with E-state index >= 15 is 0 Å². The fraction of sp³-hybridized carbons (Fsp3) is 0.360. The second-order valence-corrected chi connectivity index (χ2v) is 8.96. The number of nitrogens with one attached hydrogen (secondary N) is 1. The normalized spacial score (nSPS) is 16.6. The van der Waals surface area contributed by atoms with Gasteiger partial charge < -0.3 is 21.9 Å². The SMILES string of the molecule is Cc1ccc(CC(=O)C(=O)N[C@H]2c3ccc(CN(C)CC(=O)O)cc3C[C@@H]2CN=C(N)N)cc1F. The Kier molecular flexibility index (Phi) is 8.18. The van der Waals surface area contributed by atoms with Crippen LogP contribution in [0.4, 0.5) is 4.39 Å². The fourth-order valence-electron chi connectivity index (χ4n) is 4.31. The first kappa shape index (κ1) is 25.8. The molecule has 2 aromatic carbocycles. The van der Waals surface area contributed by atoms with Gasteiger partial charge in [0.2, 0.25) is 5.78 Å². The highest BCUT2D eigenvalue weighted by molar-refractivity contribution is 6.36. The maximum absolute atomic E-state index is 13.8. The zero-order valence-electron chi connectivity index (χ0n) is 19.8. The predicted octanol–water partition coefficient (Wildman–Crippen LogP) is 1.07. The summed E-state index contributed by atoms with van der Waals surface area (Å²) < 4.78 is 13.8. The number of rotatable bonds is 10. The quantitative estimate of drug-likeness (QED) is 0.224. The number of ketones is 1. The van der Waals surface area contributed by atoms with Crippen molar-refractivity contribution < 1.29 is 23.9 Å². The van der Waals surface area contributed by atoms with Crippen LogP contribution in [0.25, 0.3) is 0 Å². The zero-order valence-corrected chi connectivity index (χ0v) is 19.8. The van der Waals surface area contributed by atoms with Gasteiger partial charge in [0.05, 0.1) is 12.6 Å². The highest BCUT2D eigenvalue weighted by atomic mass is 19.1. The van der Waals surface area contributed by atoms with Crippen LogP contribution in [-0.2, 0) is 33.8 Å². The van der Waals surface area contributed by atoms with E-state index in [0.717, 1.165) is 16.7 Å².